The van der Waals surface area contributed by atoms with E-state index in [0.29, 0.717) is 0 Å². The zero-order chi connectivity index (χ0) is 10.8. The van der Waals surface area contributed by atoms with Crippen LogP contribution in [-0.2, 0) is 0 Å². The molecular formula is C11H12FNO2. The lowest BCUT2D eigenvalue weighted by molar-refractivity contribution is 0.0691. The lowest BCUT2D eigenvalue weighted by Gasteiger charge is -2.11. The van der Waals surface area contributed by atoms with Crippen molar-refractivity contribution in [3.05, 3.63) is 35.1 Å². The molecule has 0 aromatic heterocycles. The first-order valence-electron chi connectivity index (χ1n) is 4.94. The first-order chi connectivity index (χ1) is 7.18. The van der Waals surface area contributed by atoms with Crippen molar-refractivity contribution in [2.24, 2.45) is 0 Å². The summed E-state index contributed by atoms with van der Waals surface area (Å²) in [5.41, 5.74) is 0.604. The fourth-order valence-electron chi connectivity index (χ4n) is 1.89. The highest BCUT2D eigenvalue weighted by Crippen LogP contribution is 2.24. The smallest absolute Gasteiger partial charge is 0.338 e. The van der Waals surface area contributed by atoms with E-state index in [1.165, 1.54) is 12.1 Å². The van der Waals surface area contributed by atoms with Gasteiger partial charge in [0, 0.05) is 6.04 Å². The second kappa shape index (κ2) is 3.98. The van der Waals surface area contributed by atoms with Crippen molar-refractivity contribution in [1.82, 2.24) is 5.32 Å². The molecule has 0 amide bonds. The van der Waals surface area contributed by atoms with E-state index < -0.39 is 11.8 Å². The molecule has 1 aromatic rings. The predicted octanol–water partition coefficient (Wildman–Crippen LogP) is 1.95. The van der Waals surface area contributed by atoms with Crippen LogP contribution in [0.5, 0.6) is 0 Å². The normalized spacial score (nSPS) is 20.5. The molecule has 4 heteroatoms. The molecule has 0 aliphatic carbocycles. The van der Waals surface area contributed by atoms with Gasteiger partial charge in [-0.25, -0.2) is 9.18 Å². The Morgan fingerprint density at radius 3 is 2.93 bits per heavy atom. The van der Waals surface area contributed by atoms with Crippen LogP contribution >= 0.6 is 0 Å². The number of hydrogen-bond acceptors (Lipinski definition) is 2. The molecule has 0 unspecified atom stereocenters. The summed E-state index contributed by atoms with van der Waals surface area (Å²) in [4.78, 5) is 10.7. The number of aromatic carboxylic acids is 1. The molecule has 1 aliphatic heterocycles. The van der Waals surface area contributed by atoms with E-state index in [2.05, 4.69) is 5.32 Å². The van der Waals surface area contributed by atoms with E-state index in [1.54, 1.807) is 6.07 Å². The zero-order valence-corrected chi connectivity index (χ0v) is 8.16. The Morgan fingerprint density at radius 2 is 2.33 bits per heavy atom. The number of hydrogen-bond donors (Lipinski definition) is 2. The summed E-state index contributed by atoms with van der Waals surface area (Å²) in [5, 5.41) is 12.0. The quantitative estimate of drug-likeness (QED) is 0.782. The van der Waals surface area contributed by atoms with Crippen LogP contribution in [0.2, 0.25) is 0 Å². The second-order valence-corrected chi connectivity index (χ2v) is 3.69. The molecule has 3 nitrogen and oxygen atoms in total. The summed E-state index contributed by atoms with van der Waals surface area (Å²) in [6.07, 6.45) is 2.05. The molecule has 0 spiro atoms. The molecule has 1 atom stereocenters. The standard InChI is InChI=1S/C11H12FNO2/c12-9-4-3-7(6-8(9)11(14)15)10-2-1-5-13-10/h3-4,6,10,13H,1-2,5H2,(H,14,15)/t10-/m1/s1. The Balaban J connectivity index is 2.33. The molecule has 2 N–H and O–H groups in total. The molecule has 15 heavy (non-hydrogen) atoms. The minimum absolute atomic E-state index is 0.170. The first-order valence-corrected chi connectivity index (χ1v) is 4.94. The topological polar surface area (TPSA) is 49.3 Å². The van der Waals surface area contributed by atoms with E-state index in [1.807, 2.05) is 0 Å². The van der Waals surface area contributed by atoms with Gasteiger partial charge in [-0.05, 0) is 37.1 Å². The van der Waals surface area contributed by atoms with Gasteiger partial charge in [0.2, 0.25) is 0 Å². The van der Waals surface area contributed by atoms with E-state index in [4.69, 9.17) is 5.11 Å². The Kier molecular flexibility index (Phi) is 2.68. The number of rotatable bonds is 2. The number of halogens is 1. The Labute approximate surface area is 86.9 Å². The van der Waals surface area contributed by atoms with Crippen LogP contribution in [0, 0.1) is 5.82 Å². The van der Waals surface area contributed by atoms with Gasteiger partial charge >= 0.3 is 5.97 Å². The highest BCUT2D eigenvalue weighted by Gasteiger charge is 2.19. The lowest BCUT2D eigenvalue weighted by Crippen LogP contribution is -2.14. The van der Waals surface area contributed by atoms with Crippen LogP contribution in [0.25, 0.3) is 0 Å². The first kappa shape index (κ1) is 10.1. The molecule has 1 aromatic carbocycles. The van der Waals surface area contributed by atoms with Gasteiger partial charge in [-0.2, -0.15) is 0 Å². The summed E-state index contributed by atoms with van der Waals surface area (Å²) in [5.74, 6) is -1.89. The SMILES string of the molecule is O=C(O)c1cc([C@H]2CCCN2)ccc1F. The molecule has 1 heterocycles. The highest BCUT2D eigenvalue weighted by atomic mass is 19.1. The summed E-state index contributed by atoms with van der Waals surface area (Å²) < 4.78 is 13.1. The predicted molar refractivity (Wildman–Crippen MR) is 53.3 cm³/mol. The van der Waals surface area contributed by atoms with Gasteiger partial charge in [0.05, 0.1) is 5.56 Å². The summed E-state index contributed by atoms with van der Waals surface area (Å²) in [6, 6.07) is 4.45. The maximum Gasteiger partial charge on any atom is 0.338 e. The van der Waals surface area contributed by atoms with E-state index in [0.717, 1.165) is 24.9 Å². The minimum atomic E-state index is -1.22. The average Bonchev–Trinajstić information content (AvgIpc) is 2.71. The van der Waals surface area contributed by atoms with Crippen molar-refractivity contribution < 1.29 is 14.3 Å². The van der Waals surface area contributed by atoms with Gasteiger partial charge in [-0.3, -0.25) is 0 Å². The number of benzene rings is 1. The molecule has 0 saturated carbocycles. The zero-order valence-electron chi connectivity index (χ0n) is 8.16. The third-order valence-corrected chi connectivity index (χ3v) is 2.68. The van der Waals surface area contributed by atoms with Gasteiger partial charge in [-0.1, -0.05) is 6.07 Å². The third-order valence-electron chi connectivity index (χ3n) is 2.68. The monoisotopic (exact) mass is 209 g/mol. The largest absolute Gasteiger partial charge is 0.478 e. The fraction of sp³-hybridized carbons (Fsp3) is 0.364. The summed E-state index contributed by atoms with van der Waals surface area (Å²) in [7, 11) is 0. The van der Waals surface area contributed by atoms with Crippen molar-refractivity contribution >= 4 is 5.97 Å². The van der Waals surface area contributed by atoms with Gasteiger partial charge in [0.1, 0.15) is 5.82 Å². The van der Waals surface area contributed by atoms with Crippen LogP contribution in [0.4, 0.5) is 4.39 Å². The van der Waals surface area contributed by atoms with Gasteiger partial charge < -0.3 is 10.4 Å². The fourth-order valence-corrected chi connectivity index (χ4v) is 1.89. The summed E-state index contributed by atoms with van der Waals surface area (Å²) in [6.45, 7) is 0.935. The van der Waals surface area contributed by atoms with Crippen molar-refractivity contribution in [1.29, 1.82) is 0 Å². The number of carbonyl (C=O) groups is 1. The lowest BCUT2D eigenvalue weighted by atomic mass is 10.0. The van der Waals surface area contributed by atoms with Crippen molar-refractivity contribution in [3.8, 4) is 0 Å². The third kappa shape index (κ3) is 1.99. The van der Waals surface area contributed by atoms with Crippen molar-refractivity contribution in [2.75, 3.05) is 6.54 Å². The van der Waals surface area contributed by atoms with Crippen LogP contribution < -0.4 is 5.32 Å². The Bertz CT molecular complexity index is 386. The van der Waals surface area contributed by atoms with Gasteiger partial charge in [0.25, 0.3) is 0 Å². The second-order valence-electron chi connectivity index (χ2n) is 3.69. The number of carboxylic acid groups (broad SMARTS) is 1. The van der Waals surface area contributed by atoms with E-state index in [9.17, 15) is 9.18 Å². The van der Waals surface area contributed by atoms with Crippen LogP contribution in [0.15, 0.2) is 18.2 Å². The average molecular weight is 209 g/mol. The van der Waals surface area contributed by atoms with Gasteiger partial charge in [0.15, 0.2) is 0 Å². The van der Waals surface area contributed by atoms with Crippen LogP contribution in [-0.4, -0.2) is 17.6 Å². The summed E-state index contributed by atoms with van der Waals surface area (Å²) >= 11 is 0. The maximum absolute atomic E-state index is 13.1. The van der Waals surface area contributed by atoms with E-state index >= 15 is 0 Å². The van der Waals surface area contributed by atoms with Crippen LogP contribution in [0.3, 0.4) is 0 Å². The van der Waals surface area contributed by atoms with Gasteiger partial charge in [-0.15, -0.1) is 0 Å². The molecule has 0 bridgehead atoms. The van der Waals surface area contributed by atoms with E-state index in [-0.39, 0.29) is 11.6 Å². The van der Waals surface area contributed by atoms with Crippen LogP contribution in [0.1, 0.15) is 34.8 Å². The number of nitrogens with one attached hydrogen (secondary N) is 1. The molecule has 0 radical (unpaired) electrons. The molecule has 2 rings (SSSR count). The Morgan fingerprint density at radius 1 is 1.53 bits per heavy atom. The van der Waals surface area contributed by atoms with Crippen molar-refractivity contribution in [2.45, 2.75) is 18.9 Å². The van der Waals surface area contributed by atoms with Crippen molar-refractivity contribution in [3.63, 3.8) is 0 Å². The number of carboxylic acids is 1. The molecular weight excluding hydrogens is 197 g/mol. The Hall–Kier alpha value is -1.42. The molecule has 1 aliphatic rings. The molecule has 1 fully saturated rings. The molecule has 1 saturated heterocycles. The maximum atomic E-state index is 13.1. The minimum Gasteiger partial charge on any atom is -0.478 e. The molecule has 80 valence electrons. The highest BCUT2D eigenvalue weighted by molar-refractivity contribution is 5.88.